The van der Waals surface area contributed by atoms with Crippen molar-refractivity contribution in [3.63, 3.8) is 0 Å². The third-order valence-corrected chi connectivity index (χ3v) is 6.40. The Kier molecular flexibility index (Phi) is 5.01. The molecule has 4 N–H and O–H groups in total. The summed E-state index contributed by atoms with van der Waals surface area (Å²) in [4.78, 5) is 41.0. The monoisotopic (exact) mass is 438 g/mol. The number of para-hydroxylation sites is 1. The summed E-state index contributed by atoms with van der Waals surface area (Å²) in [6, 6.07) is 11.6. The predicted octanol–water partition coefficient (Wildman–Crippen LogP) is 2.21. The molecule has 2 aromatic rings. The normalized spacial score (nSPS) is 27.6. The molecule has 4 atom stereocenters. The molecule has 4 unspecified atom stereocenters. The van der Waals surface area contributed by atoms with E-state index in [1.807, 2.05) is 0 Å². The van der Waals surface area contributed by atoms with Crippen LogP contribution in [0.1, 0.15) is 37.9 Å². The number of aliphatic carboxylic acids is 1. The SMILES string of the molecule is CC(C)(C)N1C(=O)C2C(c3ccccc3O)NC(Cc3ccc(O)cc3)(C(=O)O)C2C1=O. The molecule has 0 aromatic heterocycles. The van der Waals surface area contributed by atoms with Gasteiger partial charge in [-0.15, -0.1) is 0 Å². The number of phenolic OH excluding ortho intramolecular Hbond substituents is 2. The van der Waals surface area contributed by atoms with Crippen LogP contribution in [0.4, 0.5) is 0 Å². The first kappa shape index (κ1) is 21.8. The number of amides is 2. The highest BCUT2D eigenvalue weighted by molar-refractivity contribution is 6.10. The molecule has 0 aliphatic carbocycles. The second kappa shape index (κ2) is 7.34. The van der Waals surface area contributed by atoms with Gasteiger partial charge in [0, 0.05) is 23.6 Å². The van der Waals surface area contributed by atoms with Gasteiger partial charge in [0.05, 0.1) is 11.8 Å². The van der Waals surface area contributed by atoms with Gasteiger partial charge in [-0.3, -0.25) is 24.6 Å². The number of phenols is 2. The number of nitrogens with one attached hydrogen (secondary N) is 1. The third kappa shape index (κ3) is 3.22. The number of aromatic hydroxyl groups is 2. The zero-order valence-electron chi connectivity index (χ0n) is 18.1. The lowest BCUT2D eigenvalue weighted by Gasteiger charge is -2.35. The van der Waals surface area contributed by atoms with Crippen LogP contribution in [0.15, 0.2) is 48.5 Å². The average molecular weight is 438 g/mol. The van der Waals surface area contributed by atoms with Crippen LogP contribution < -0.4 is 5.32 Å². The number of carboxylic acid groups (broad SMARTS) is 1. The Morgan fingerprint density at radius 3 is 2.22 bits per heavy atom. The van der Waals surface area contributed by atoms with Crippen LogP contribution in [0.5, 0.6) is 11.5 Å². The molecule has 2 amide bonds. The number of benzene rings is 2. The number of imide groups is 1. The first-order valence-corrected chi connectivity index (χ1v) is 10.4. The number of hydrogen-bond donors (Lipinski definition) is 4. The van der Waals surface area contributed by atoms with E-state index in [1.165, 1.54) is 18.2 Å². The average Bonchev–Trinajstić information content (AvgIpc) is 3.18. The van der Waals surface area contributed by atoms with Crippen LogP contribution in [0.3, 0.4) is 0 Å². The maximum Gasteiger partial charge on any atom is 0.325 e. The maximum atomic E-state index is 13.6. The van der Waals surface area contributed by atoms with Gasteiger partial charge in [-0.2, -0.15) is 0 Å². The van der Waals surface area contributed by atoms with Crippen molar-refractivity contribution in [3.05, 3.63) is 59.7 Å². The molecule has 2 aliphatic heterocycles. The number of nitrogens with zero attached hydrogens (tertiary/aromatic N) is 1. The minimum atomic E-state index is -1.78. The van der Waals surface area contributed by atoms with Crippen LogP contribution in [-0.2, 0) is 20.8 Å². The lowest BCUT2D eigenvalue weighted by Crippen LogP contribution is -2.58. The van der Waals surface area contributed by atoms with Gasteiger partial charge in [-0.05, 0) is 44.5 Å². The zero-order chi connectivity index (χ0) is 23.4. The molecule has 2 aliphatic rings. The van der Waals surface area contributed by atoms with Gasteiger partial charge in [0.15, 0.2) is 0 Å². The van der Waals surface area contributed by atoms with Gasteiger partial charge in [0.1, 0.15) is 17.0 Å². The molecular formula is C24H26N2O6. The first-order valence-electron chi connectivity index (χ1n) is 10.4. The molecule has 168 valence electrons. The standard InChI is InChI=1S/C24H26N2O6/c1-23(2,3)26-20(29)17-18(21(26)30)24(22(31)32,12-13-8-10-14(27)11-9-13)25-19(17)15-6-4-5-7-16(15)28/h4-11,17-19,25,27-28H,12H2,1-3H3,(H,31,32). The molecule has 2 saturated heterocycles. The summed E-state index contributed by atoms with van der Waals surface area (Å²) < 4.78 is 0. The lowest BCUT2D eigenvalue weighted by atomic mass is 9.76. The third-order valence-electron chi connectivity index (χ3n) is 6.40. The summed E-state index contributed by atoms with van der Waals surface area (Å²) in [5.74, 6) is -4.44. The molecule has 0 saturated carbocycles. The summed E-state index contributed by atoms with van der Waals surface area (Å²) in [7, 11) is 0. The van der Waals surface area contributed by atoms with E-state index < -0.39 is 46.7 Å². The molecule has 4 rings (SSSR count). The van der Waals surface area contributed by atoms with Crippen molar-refractivity contribution < 1.29 is 29.7 Å². The Bertz CT molecular complexity index is 1090. The van der Waals surface area contributed by atoms with Crippen LogP contribution in [-0.4, -0.2) is 49.1 Å². The molecule has 32 heavy (non-hydrogen) atoms. The van der Waals surface area contributed by atoms with E-state index >= 15 is 0 Å². The summed E-state index contributed by atoms with van der Waals surface area (Å²) in [5.41, 5.74) is -1.65. The molecule has 0 bridgehead atoms. The van der Waals surface area contributed by atoms with Crippen LogP contribution in [0, 0.1) is 11.8 Å². The summed E-state index contributed by atoms with van der Waals surface area (Å²) in [6.07, 6.45) is -0.0785. The van der Waals surface area contributed by atoms with E-state index in [4.69, 9.17) is 0 Å². The van der Waals surface area contributed by atoms with E-state index in [0.29, 0.717) is 11.1 Å². The number of likely N-dealkylation sites (tertiary alicyclic amines) is 1. The second-order valence-electron chi connectivity index (χ2n) is 9.49. The Balaban J connectivity index is 1.89. The van der Waals surface area contributed by atoms with E-state index in [2.05, 4.69) is 5.32 Å². The summed E-state index contributed by atoms with van der Waals surface area (Å²) in [5, 5.41) is 33.5. The Labute approximate surface area is 185 Å². The minimum Gasteiger partial charge on any atom is -0.508 e. The minimum absolute atomic E-state index is 0.0356. The number of fused-ring (bicyclic) bond motifs is 1. The van der Waals surface area contributed by atoms with Crippen molar-refractivity contribution in [1.29, 1.82) is 0 Å². The fourth-order valence-corrected chi connectivity index (χ4v) is 5.05. The Morgan fingerprint density at radius 2 is 1.66 bits per heavy atom. The van der Waals surface area contributed by atoms with Gasteiger partial charge < -0.3 is 15.3 Å². The highest BCUT2D eigenvalue weighted by atomic mass is 16.4. The van der Waals surface area contributed by atoms with Crippen LogP contribution >= 0.6 is 0 Å². The van der Waals surface area contributed by atoms with E-state index in [9.17, 15) is 29.7 Å². The van der Waals surface area contributed by atoms with Gasteiger partial charge in [-0.1, -0.05) is 30.3 Å². The van der Waals surface area contributed by atoms with Crippen molar-refractivity contribution in [3.8, 4) is 11.5 Å². The van der Waals surface area contributed by atoms with E-state index in [0.717, 1.165) is 4.90 Å². The molecule has 2 aromatic carbocycles. The summed E-state index contributed by atoms with van der Waals surface area (Å²) >= 11 is 0. The Hall–Kier alpha value is -3.39. The smallest absolute Gasteiger partial charge is 0.325 e. The first-order chi connectivity index (χ1) is 15.0. The van der Waals surface area contributed by atoms with Gasteiger partial charge >= 0.3 is 5.97 Å². The fraction of sp³-hybridized carbons (Fsp3) is 0.375. The van der Waals surface area contributed by atoms with E-state index in [-0.39, 0.29) is 17.9 Å². The largest absolute Gasteiger partial charge is 0.508 e. The van der Waals surface area contributed by atoms with Crippen molar-refractivity contribution >= 4 is 17.8 Å². The van der Waals surface area contributed by atoms with Crippen molar-refractivity contribution in [2.45, 2.75) is 44.3 Å². The number of rotatable bonds is 4. The van der Waals surface area contributed by atoms with E-state index in [1.54, 1.807) is 51.1 Å². The predicted molar refractivity (Wildman–Crippen MR) is 115 cm³/mol. The quantitative estimate of drug-likeness (QED) is 0.539. The molecule has 0 spiro atoms. The molecule has 8 heteroatoms. The van der Waals surface area contributed by atoms with Crippen molar-refractivity contribution in [2.75, 3.05) is 0 Å². The summed E-state index contributed by atoms with van der Waals surface area (Å²) in [6.45, 7) is 5.19. The fourth-order valence-electron chi connectivity index (χ4n) is 5.05. The lowest BCUT2D eigenvalue weighted by molar-refractivity contribution is -0.153. The topological polar surface area (TPSA) is 127 Å². The number of hydrogen-bond acceptors (Lipinski definition) is 6. The van der Waals surface area contributed by atoms with Gasteiger partial charge in [0.25, 0.3) is 0 Å². The number of carboxylic acids is 1. The molecule has 0 radical (unpaired) electrons. The Morgan fingerprint density at radius 1 is 1.03 bits per heavy atom. The van der Waals surface area contributed by atoms with Gasteiger partial charge in [-0.25, -0.2) is 0 Å². The van der Waals surface area contributed by atoms with Crippen LogP contribution in [0.25, 0.3) is 0 Å². The van der Waals surface area contributed by atoms with Crippen molar-refractivity contribution in [1.82, 2.24) is 10.2 Å². The second-order valence-corrected chi connectivity index (χ2v) is 9.49. The molecule has 2 heterocycles. The highest BCUT2D eigenvalue weighted by Gasteiger charge is 2.69. The number of carbonyl (C=O) groups is 3. The molecule has 2 fully saturated rings. The highest BCUT2D eigenvalue weighted by Crippen LogP contribution is 2.52. The van der Waals surface area contributed by atoms with Gasteiger partial charge in [0.2, 0.25) is 11.8 Å². The molecular weight excluding hydrogens is 412 g/mol. The maximum absolute atomic E-state index is 13.6. The number of carbonyl (C=O) groups excluding carboxylic acids is 2. The van der Waals surface area contributed by atoms with Crippen molar-refractivity contribution in [2.24, 2.45) is 11.8 Å². The van der Waals surface area contributed by atoms with Crippen LogP contribution in [0.2, 0.25) is 0 Å². The molecule has 8 nitrogen and oxygen atoms in total. The zero-order valence-corrected chi connectivity index (χ0v) is 18.1.